The molecule has 3 nitrogen and oxygen atoms in total. The van der Waals surface area contributed by atoms with Gasteiger partial charge in [-0.2, -0.15) is 0 Å². The van der Waals surface area contributed by atoms with E-state index in [-0.39, 0.29) is 16.2 Å². The fraction of sp³-hybridized carbons (Fsp3) is 0.234. The van der Waals surface area contributed by atoms with E-state index in [2.05, 4.69) is 163 Å². The number of fused-ring (bicyclic) bond motifs is 9. The second-order valence-electron chi connectivity index (χ2n) is 16.7. The zero-order valence-corrected chi connectivity index (χ0v) is 30.2. The zero-order valence-electron chi connectivity index (χ0n) is 30.2. The monoisotopic (exact) mass is 653 g/mol. The lowest BCUT2D eigenvalue weighted by molar-refractivity contribution is 0.559. The maximum absolute atomic E-state index is 6.86. The van der Waals surface area contributed by atoms with Crippen molar-refractivity contribution in [3.63, 3.8) is 0 Å². The Morgan fingerprint density at radius 1 is 0.520 bits per heavy atom. The molecule has 0 atom stereocenters. The van der Waals surface area contributed by atoms with Crippen molar-refractivity contribution >= 4 is 60.9 Å². The SMILES string of the molecule is CC(C)(C)c1cc(C(C)(C)C)c2oc3cccc(N(c4ccc5c(c4)-c4ccccc4C5(C)C)c4ccc5oc6ccccc6c5c4)c3c2c1. The van der Waals surface area contributed by atoms with Crippen molar-refractivity contribution in [2.75, 3.05) is 4.90 Å². The molecule has 8 aromatic rings. The van der Waals surface area contributed by atoms with Gasteiger partial charge in [0, 0.05) is 38.5 Å². The first-order valence-electron chi connectivity index (χ1n) is 17.8. The van der Waals surface area contributed by atoms with Crippen molar-refractivity contribution in [1.82, 2.24) is 0 Å². The molecule has 0 unspecified atom stereocenters. The molecule has 0 bridgehead atoms. The summed E-state index contributed by atoms with van der Waals surface area (Å²) in [4.78, 5) is 2.42. The maximum Gasteiger partial charge on any atom is 0.139 e. The van der Waals surface area contributed by atoms with Gasteiger partial charge in [0.05, 0.1) is 11.1 Å². The van der Waals surface area contributed by atoms with E-state index in [0.717, 1.165) is 60.9 Å². The molecular formula is C47H43NO2. The minimum atomic E-state index is -0.0964. The van der Waals surface area contributed by atoms with Gasteiger partial charge in [0.25, 0.3) is 0 Å². The predicted molar refractivity (Wildman–Crippen MR) is 211 cm³/mol. The first-order chi connectivity index (χ1) is 23.8. The van der Waals surface area contributed by atoms with Gasteiger partial charge in [0.1, 0.15) is 22.3 Å². The van der Waals surface area contributed by atoms with E-state index in [0.29, 0.717) is 0 Å². The van der Waals surface area contributed by atoms with Crippen molar-refractivity contribution in [1.29, 1.82) is 0 Å². The number of nitrogens with zero attached hydrogens (tertiary/aromatic N) is 1. The standard InChI is InChI=1S/C47H43NO2/c1-45(2,3)28-24-35-43-39(17-13-19-42(43)50-44(35)38(25-28)46(4,5)6)48(30-21-23-41-34(27-30)32-15-10-12-18-40(32)49-41)29-20-22-37-33(26-29)31-14-9-11-16-36(31)47(37,7)8/h9-27H,1-8H3. The van der Waals surface area contributed by atoms with E-state index in [4.69, 9.17) is 8.83 Å². The summed E-state index contributed by atoms with van der Waals surface area (Å²) in [7, 11) is 0. The van der Waals surface area contributed by atoms with Crippen molar-refractivity contribution < 1.29 is 8.83 Å². The quantitative estimate of drug-likeness (QED) is 0.190. The molecule has 6 aromatic carbocycles. The predicted octanol–water partition coefficient (Wildman–Crippen LogP) is 13.9. The summed E-state index contributed by atoms with van der Waals surface area (Å²) >= 11 is 0. The molecule has 0 spiro atoms. The van der Waals surface area contributed by atoms with Crippen LogP contribution < -0.4 is 4.90 Å². The van der Waals surface area contributed by atoms with Crippen LogP contribution in [-0.2, 0) is 16.2 Å². The van der Waals surface area contributed by atoms with E-state index >= 15 is 0 Å². The van der Waals surface area contributed by atoms with E-state index in [1.807, 2.05) is 12.1 Å². The van der Waals surface area contributed by atoms with Gasteiger partial charge in [-0.1, -0.05) is 116 Å². The van der Waals surface area contributed by atoms with Gasteiger partial charge in [0.15, 0.2) is 0 Å². The zero-order chi connectivity index (χ0) is 34.7. The second kappa shape index (κ2) is 10.4. The molecule has 0 saturated carbocycles. The lowest BCUT2D eigenvalue weighted by Gasteiger charge is -2.28. The molecule has 9 rings (SSSR count). The molecular weight excluding hydrogens is 611 g/mol. The smallest absolute Gasteiger partial charge is 0.139 e. The molecule has 2 heterocycles. The van der Waals surface area contributed by atoms with Crippen molar-refractivity contribution in [3.05, 3.63) is 138 Å². The highest BCUT2D eigenvalue weighted by molar-refractivity contribution is 6.15. The highest BCUT2D eigenvalue weighted by Gasteiger charge is 2.36. The van der Waals surface area contributed by atoms with Gasteiger partial charge in [-0.3, -0.25) is 0 Å². The third-order valence-electron chi connectivity index (χ3n) is 10.9. The first-order valence-corrected chi connectivity index (χ1v) is 17.8. The summed E-state index contributed by atoms with van der Waals surface area (Å²) < 4.78 is 13.2. The summed E-state index contributed by atoms with van der Waals surface area (Å²) in [6, 6.07) is 42.0. The van der Waals surface area contributed by atoms with Crippen LogP contribution in [-0.4, -0.2) is 0 Å². The first kappa shape index (κ1) is 30.8. The van der Waals surface area contributed by atoms with Crippen LogP contribution in [0.4, 0.5) is 17.1 Å². The summed E-state index contributed by atoms with van der Waals surface area (Å²) in [5.74, 6) is 0. The molecule has 50 heavy (non-hydrogen) atoms. The lowest BCUT2D eigenvalue weighted by Crippen LogP contribution is -2.16. The van der Waals surface area contributed by atoms with Crippen LogP contribution in [0.25, 0.3) is 55.0 Å². The molecule has 248 valence electrons. The summed E-state index contributed by atoms with van der Waals surface area (Å²) in [6.07, 6.45) is 0. The Morgan fingerprint density at radius 3 is 2.00 bits per heavy atom. The minimum Gasteiger partial charge on any atom is -0.456 e. The van der Waals surface area contributed by atoms with E-state index in [1.165, 1.54) is 33.4 Å². The topological polar surface area (TPSA) is 29.5 Å². The minimum absolute atomic E-state index is 0.0278. The molecule has 0 fully saturated rings. The lowest BCUT2D eigenvalue weighted by atomic mass is 9.79. The number of para-hydroxylation sites is 1. The Bertz CT molecular complexity index is 2650. The molecule has 3 heteroatoms. The summed E-state index contributed by atoms with van der Waals surface area (Å²) in [5, 5.41) is 4.49. The van der Waals surface area contributed by atoms with E-state index < -0.39 is 0 Å². The molecule has 1 aliphatic carbocycles. The summed E-state index contributed by atoms with van der Waals surface area (Å²) in [5.41, 5.74) is 14.6. The van der Waals surface area contributed by atoms with Gasteiger partial charge in [0.2, 0.25) is 0 Å². The van der Waals surface area contributed by atoms with Crippen LogP contribution >= 0.6 is 0 Å². The highest BCUT2D eigenvalue weighted by Crippen LogP contribution is 2.52. The van der Waals surface area contributed by atoms with Crippen LogP contribution in [0.1, 0.15) is 77.6 Å². The molecule has 0 aliphatic heterocycles. The normalized spacial score (nSPS) is 14.2. The third kappa shape index (κ3) is 4.49. The molecule has 0 N–H and O–H groups in total. The Hall–Kier alpha value is -5.28. The number of anilines is 3. The third-order valence-corrected chi connectivity index (χ3v) is 10.9. The fourth-order valence-corrected chi connectivity index (χ4v) is 8.21. The number of rotatable bonds is 3. The van der Waals surface area contributed by atoms with Crippen LogP contribution in [0.2, 0.25) is 0 Å². The van der Waals surface area contributed by atoms with Gasteiger partial charge in [-0.15, -0.1) is 0 Å². The van der Waals surface area contributed by atoms with Gasteiger partial charge >= 0.3 is 0 Å². The number of hydrogen-bond donors (Lipinski definition) is 0. The van der Waals surface area contributed by atoms with Gasteiger partial charge < -0.3 is 13.7 Å². The average molecular weight is 654 g/mol. The maximum atomic E-state index is 6.86. The van der Waals surface area contributed by atoms with Crippen LogP contribution in [0, 0.1) is 0 Å². The fourth-order valence-electron chi connectivity index (χ4n) is 8.21. The second-order valence-corrected chi connectivity index (χ2v) is 16.7. The molecule has 0 saturated heterocycles. The van der Waals surface area contributed by atoms with Crippen molar-refractivity contribution in [3.8, 4) is 11.1 Å². The average Bonchev–Trinajstić information content (AvgIpc) is 3.72. The van der Waals surface area contributed by atoms with E-state index in [9.17, 15) is 0 Å². The Morgan fingerprint density at radius 2 is 1.20 bits per heavy atom. The largest absolute Gasteiger partial charge is 0.456 e. The number of hydrogen-bond acceptors (Lipinski definition) is 3. The summed E-state index contributed by atoms with van der Waals surface area (Å²) in [6.45, 7) is 18.4. The van der Waals surface area contributed by atoms with Crippen LogP contribution in [0.15, 0.2) is 124 Å². The van der Waals surface area contributed by atoms with Crippen molar-refractivity contribution in [2.24, 2.45) is 0 Å². The van der Waals surface area contributed by atoms with E-state index in [1.54, 1.807) is 0 Å². The Kier molecular flexibility index (Phi) is 6.38. The van der Waals surface area contributed by atoms with Crippen molar-refractivity contribution in [2.45, 2.75) is 71.6 Å². The van der Waals surface area contributed by atoms with Crippen LogP contribution in [0.5, 0.6) is 0 Å². The Balaban J connectivity index is 1.37. The van der Waals surface area contributed by atoms with Crippen LogP contribution in [0.3, 0.4) is 0 Å². The molecule has 0 radical (unpaired) electrons. The number of furan rings is 2. The molecule has 1 aliphatic rings. The Labute approximate surface area is 294 Å². The molecule has 0 amide bonds. The highest BCUT2D eigenvalue weighted by atomic mass is 16.3. The number of benzene rings is 6. The van der Waals surface area contributed by atoms with Gasteiger partial charge in [-0.05, 0) is 93.2 Å². The van der Waals surface area contributed by atoms with Gasteiger partial charge in [-0.25, -0.2) is 0 Å². The molecule has 2 aromatic heterocycles.